The number of nitrogens with zero attached hydrogens (tertiary/aromatic N) is 4. The number of pyridine rings is 1. The van der Waals surface area contributed by atoms with Crippen LogP contribution >= 0.6 is 0 Å². The van der Waals surface area contributed by atoms with Gasteiger partial charge in [-0.15, -0.1) is 0 Å². The van der Waals surface area contributed by atoms with Gasteiger partial charge in [0.05, 0.1) is 12.1 Å². The number of amides is 2. The molecule has 1 aromatic carbocycles. The van der Waals surface area contributed by atoms with Crippen molar-refractivity contribution in [1.29, 1.82) is 0 Å². The van der Waals surface area contributed by atoms with Crippen LogP contribution in [0, 0.1) is 5.82 Å². The van der Waals surface area contributed by atoms with Crippen LogP contribution in [0.15, 0.2) is 54.9 Å². The predicted molar refractivity (Wildman–Crippen MR) is 97.8 cm³/mol. The Morgan fingerprint density at radius 2 is 1.67 bits per heavy atom. The van der Waals surface area contributed by atoms with Crippen molar-refractivity contribution < 1.29 is 14.0 Å². The van der Waals surface area contributed by atoms with Gasteiger partial charge in [-0.2, -0.15) is 0 Å². The van der Waals surface area contributed by atoms with Crippen LogP contribution in [0.25, 0.3) is 5.65 Å². The van der Waals surface area contributed by atoms with Crippen molar-refractivity contribution >= 4 is 17.5 Å². The number of hydrogen-bond donors (Lipinski definition) is 0. The van der Waals surface area contributed by atoms with Crippen molar-refractivity contribution in [1.82, 2.24) is 19.2 Å². The average Bonchev–Trinajstić information content (AvgIpc) is 3.10. The highest BCUT2D eigenvalue weighted by molar-refractivity contribution is 5.94. The van der Waals surface area contributed by atoms with Crippen LogP contribution in [0.3, 0.4) is 0 Å². The van der Waals surface area contributed by atoms with Crippen LogP contribution < -0.4 is 0 Å². The van der Waals surface area contributed by atoms with E-state index in [1.807, 2.05) is 35.0 Å². The first kappa shape index (κ1) is 17.2. The predicted octanol–water partition coefficient (Wildman–Crippen LogP) is 2.00. The zero-order valence-electron chi connectivity index (χ0n) is 14.7. The number of halogens is 1. The van der Waals surface area contributed by atoms with Gasteiger partial charge in [-0.1, -0.05) is 6.07 Å². The van der Waals surface area contributed by atoms with E-state index in [1.165, 1.54) is 24.3 Å². The van der Waals surface area contributed by atoms with Gasteiger partial charge in [0.1, 0.15) is 11.5 Å². The summed E-state index contributed by atoms with van der Waals surface area (Å²) in [6.07, 6.45) is 4.01. The Labute approximate surface area is 155 Å². The number of imidazole rings is 1. The molecule has 0 atom stereocenters. The van der Waals surface area contributed by atoms with Crippen LogP contribution in [-0.4, -0.2) is 57.2 Å². The third-order valence-corrected chi connectivity index (χ3v) is 4.76. The molecule has 2 aromatic heterocycles. The first-order valence-electron chi connectivity index (χ1n) is 8.85. The molecule has 2 amide bonds. The molecular formula is C20H19FN4O2. The van der Waals surface area contributed by atoms with E-state index in [1.54, 1.807) is 9.80 Å². The maximum atomic E-state index is 13.0. The molecular weight excluding hydrogens is 347 g/mol. The Bertz CT molecular complexity index is 942. The fourth-order valence-corrected chi connectivity index (χ4v) is 3.27. The van der Waals surface area contributed by atoms with Crippen LogP contribution in [0.5, 0.6) is 0 Å². The standard InChI is InChI=1S/C20H19FN4O2/c21-16-6-4-15(5-7-16)20(27)24-11-9-23(10-12-24)19(26)13-17-14-25-8-2-1-3-18(25)22-17/h1-8,14H,9-13H2. The number of fused-ring (bicyclic) bond motifs is 1. The van der Waals surface area contributed by atoms with Gasteiger partial charge in [0.25, 0.3) is 5.91 Å². The lowest BCUT2D eigenvalue weighted by atomic mass is 10.1. The molecule has 1 fully saturated rings. The number of piperazine rings is 1. The maximum Gasteiger partial charge on any atom is 0.253 e. The Kier molecular flexibility index (Phi) is 4.58. The Hall–Kier alpha value is -3.22. The van der Waals surface area contributed by atoms with E-state index >= 15 is 0 Å². The maximum absolute atomic E-state index is 13.0. The van der Waals surface area contributed by atoms with E-state index < -0.39 is 0 Å². The van der Waals surface area contributed by atoms with Crippen LogP contribution in [0.2, 0.25) is 0 Å². The molecule has 1 aliphatic rings. The lowest BCUT2D eigenvalue weighted by Gasteiger charge is -2.34. The van der Waals surface area contributed by atoms with Crippen molar-refractivity contribution in [2.45, 2.75) is 6.42 Å². The summed E-state index contributed by atoms with van der Waals surface area (Å²) < 4.78 is 14.9. The first-order chi connectivity index (χ1) is 13.1. The second kappa shape index (κ2) is 7.19. The summed E-state index contributed by atoms with van der Waals surface area (Å²) in [4.78, 5) is 32.9. The number of rotatable bonds is 3. The zero-order valence-corrected chi connectivity index (χ0v) is 14.7. The molecule has 3 aromatic rings. The molecule has 6 nitrogen and oxygen atoms in total. The lowest BCUT2D eigenvalue weighted by Crippen LogP contribution is -2.51. The number of carbonyl (C=O) groups is 2. The normalized spacial score (nSPS) is 14.6. The number of benzene rings is 1. The average molecular weight is 366 g/mol. The molecule has 138 valence electrons. The van der Waals surface area contributed by atoms with Gasteiger partial charge in [-0.3, -0.25) is 9.59 Å². The first-order valence-corrected chi connectivity index (χ1v) is 8.85. The monoisotopic (exact) mass is 366 g/mol. The molecule has 0 aliphatic carbocycles. The molecule has 4 rings (SSSR count). The van der Waals surface area contributed by atoms with Crippen molar-refractivity contribution in [3.63, 3.8) is 0 Å². The van der Waals surface area contributed by atoms with Gasteiger partial charge in [0.2, 0.25) is 5.91 Å². The Morgan fingerprint density at radius 1 is 0.963 bits per heavy atom. The number of hydrogen-bond acceptors (Lipinski definition) is 3. The van der Waals surface area contributed by atoms with E-state index in [4.69, 9.17) is 0 Å². The van der Waals surface area contributed by atoms with Gasteiger partial charge in [-0.25, -0.2) is 9.37 Å². The zero-order chi connectivity index (χ0) is 18.8. The summed E-state index contributed by atoms with van der Waals surface area (Å²) in [6, 6.07) is 11.2. The molecule has 0 N–H and O–H groups in total. The minimum absolute atomic E-state index is 0.00675. The highest BCUT2D eigenvalue weighted by Crippen LogP contribution is 2.12. The van der Waals surface area contributed by atoms with E-state index in [2.05, 4.69) is 4.98 Å². The summed E-state index contributed by atoms with van der Waals surface area (Å²) in [7, 11) is 0. The molecule has 0 spiro atoms. The molecule has 0 saturated carbocycles. The summed E-state index contributed by atoms with van der Waals surface area (Å²) >= 11 is 0. The number of carbonyl (C=O) groups excluding carboxylic acids is 2. The molecule has 0 unspecified atom stereocenters. The van der Waals surface area contributed by atoms with Gasteiger partial charge < -0.3 is 14.2 Å². The van der Waals surface area contributed by atoms with Gasteiger partial charge in [-0.05, 0) is 36.4 Å². The van der Waals surface area contributed by atoms with Crippen LogP contribution in [0.1, 0.15) is 16.1 Å². The van der Waals surface area contributed by atoms with Crippen molar-refractivity contribution in [2.24, 2.45) is 0 Å². The third kappa shape index (κ3) is 3.67. The van der Waals surface area contributed by atoms with Gasteiger partial charge in [0, 0.05) is 44.1 Å². The Morgan fingerprint density at radius 3 is 2.37 bits per heavy atom. The van der Waals surface area contributed by atoms with E-state index in [0.717, 1.165) is 11.3 Å². The van der Waals surface area contributed by atoms with Gasteiger partial charge >= 0.3 is 0 Å². The molecule has 0 bridgehead atoms. The Balaban J connectivity index is 1.35. The smallest absolute Gasteiger partial charge is 0.253 e. The van der Waals surface area contributed by atoms with E-state index in [-0.39, 0.29) is 24.1 Å². The van der Waals surface area contributed by atoms with Gasteiger partial charge in [0.15, 0.2) is 0 Å². The quantitative estimate of drug-likeness (QED) is 0.712. The van der Waals surface area contributed by atoms with Crippen LogP contribution in [0.4, 0.5) is 4.39 Å². The summed E-state index contributed by atoms with van der Waals surface area (Å²) in [5.74, 6) is -0.497. The molecule has 0 radical (unpaired) electrons. The van der Waals surface area contributed by atoms with E-state index in [9.17, 15) is 14.0 Å². The SMILES string of the molecule is O=C(Cc1cn2ccccc2n1)N1CCN(C(=O)c2ccc(F)cc2)CC1. The molecule has 1 saturated heterocycles. The molecule has 27 heavy (non-hydrogen) atoms. The number of aromatic nitrogens is 2. The minimum Gasteiger partial charge on any atom is -0.339 e. The fourth-order valence-electron chi connectivity index (χ4n) is 3.27. The second-order valence-electron chi connectivity index (χ2n) is 6.56. The largest absolute Gasteiger partial charge is 0.339 e. The van der Waals surface area contributed by atoms with Crippen LogP contribution in [-0.2, 0) is 11.2 Å². The topological polar surface area (TPSA) is 57.9 Å². The third-order valence-electron chi connectivity index (χ3n) is 4.76. The second-order valence-corrected chi connectivity index (χ2v) is 6.56. The highest BCUT2D eigenvalue weighted by atomic mass is 19.1. The summed E-state index contributed by atoms with van der Waals surface area (Å²) in [5, 5.41) is 0. The highest BCUT2D eigenvalue weighted by Gasteiger charge is 2.25. The summed E-state index contributed by atoms with van der Waals surface area (Å²) in [6.45, 7) is 1.90. The van der Waals surface area contributed by atoms with E-state index in [0.29, 0.717) is 31.7 Å². The minimum atomic E-state index is -0.367. The van der Waals surface area contributed by atoms with Crippen molar-refractivity contribution in [3.05, 3.63) is 71.9 Å². The fraction of sp³-hybridized carbons (Fsp3) is 0.250. The summed E-state index contributed by atoms with van der Waals surface area (Å²) in [5.41, 5.74) is 2.01. The molecule has 7 heteroatoms. The molecule has 3 heterocycles. The van der Waals surface area contributed by atoms with Crippen molar-refractivity contribution in [2.75, 3.05) is 26.2 Å². The van der Waals surface area contributed by atoms with Crippen molar-refractivity contribution in [3.8, 4) is 0 Å². The lowest BCUT2D eigenvalue weighted by molar-refractivity contribution is -0.132. The molecule has 1 aliphatic heterocycles.